The third-order valence-corrected chi connectivity index (χ3v) is 3.91. The highest BCUT2D eigenvalue weighted by Gasteiger charge is 2.35. The van der Waals surface area contributed by atoms with Gasteiger partial charge in [-0.1, -0.05) is 12.1 Å². The fraction of sp³-hybridized carbons (Fsp3) is 0.533. The zero-order chi connectivity index (χ0) is 14.8. The summed E-state index contributed by atoms with van der Waals surface area (Å²) in [5.74, 6) is -0.268. The van der Waals surface area contributed by atoms with Crippen molar-refractivity contribution in [3.8, 4) is 0 Å². The van der Waals surface area contributed by atoms with Crippen molar-refractivity contribution in [1.82, 2.24) is 15.1 Å². The number of nitrogens with zero attached hydrogens (tertiary/aromatic N) is 2. The molecule has 21 heavy (non-hydrogen) atoms. The van der Waals surface area contributed by atoms with Crippen LogP contribution in [0.3, 0.4) is 0 Å². The molecule has 2 fully saturated rings. The van der Waals surface area contributed by atoms with Crippen LogP contribution in [-0.4, -0.2) is 61.3 Å². The van der Waals surface area contributed by atoms with Gasteiger partial charge < -0.3 is 19.9 Å². The molecule has 1 aromatic rings. The third kappa shape index (κ3) is 3.51. The number of morpholine rings is 2. The SMILES string of the molecule is CN1CC2CN(C(=O)NCc3ccc(F)cc3)CC(C1)O2. The molecule has 0 aromatic heterocycles. The fourth-order valence-corrected chi connectivity index (χ4v) is 2.95. The second-order valence-corrected chi connectivity index (χ2v) is 5.79. The van der Waals surface area contributed by atoms with Crippen molar-refractivity contribution < 1.29 is 13.9 Å². The summed E-state index contributed by atoms with van der Waals surface area (Å²) in [5, 5.41) is 2.88. The number of likely N-dealkylation sites (N-methyl/N-ethyl adjacent to an activating group) is 1. The third-order valence-electron chi connectivity index (χ3n) is 3.91. The molecule has 0 spiro atoms. The number of rotatable bonds is 2. The van der Waals surface area contributed by atoms with Gasteiger partial charge in [-0.2, -0.15) is 0 Å². The van der Waals surface area contributed by atoms with E-state index in [0.717, 1.165) is 18.7 Å². The Hall–Kier alpha value is -1.66. The van der Waals surface area contributed by atoms with E-state index in [4.69, 9.17) is 4.74 Å². The van der Waals surface area contributed by atoms with E-state index in [2.05, 4.69) is 17.3 Å². The Morgan fingerprint density at radius 3 is 2.48 bits per heavy atom. The molecular weight excluding hydrogens is 273 g/mol. The van der Waals surface area contributed by atoms with Crippen LogP contribution in [0.5, 0.6) is 0 Å². The molecule has 114 valence electrons. The topological polar surface area (TPSA) is 44.8 Å². The molecule has 1 aromatic carbocycles. The minimum atomic E-state index is -0.268. The number of nitrogens with one attached hydrogen (secondary N) is 1. The Balaban J connectivity index is 1.53. The molecule has 0 radical (unpaired) electrons. The van der Waals surface area contributed by atoms with Crippen LogP contribution in [0, 0.1) is 5.82 Å². The monoisotopic (exact) mass is 293 g/mol. The number of amides is 2. The molecule has 3 rings (SSSR count). The van der Waals surface area contributed by atoms with Crippen molar-refractivity contribution in [3.05, 3.63) is 35.6 Å². The highest BCUT2D eigenvalue weighted by molar-refractivity contribution is 5.74. The lowest BCUT2D eigenvalue weighted by molar-refractivity contribution is -0.123. The summed E-state index contributed by atoms with van der Waals surface area (Å²) in [7, 11) is 2.08. The van der Waals surface area contributed by atoms with Gasteiger partial charge in [0.2, 0.25) is 0 Å². The first-order chi connectivity index (χ1) is 10.1. The number of carbonyl (C=O) groups excluding carboxylic acids is 1. The van der Waals surface area contributed by atoms with Gasteiger partial charge in [0.25, 0.3) is 0 Å². The Kier molecular flexibility index (Phi) is 4.07. The van der Waals surface area contributed by atoms with Crippen LogP contribution in [0.1, 0.15) is 5.56 Å². The van der Waals surface area contributed by atoms with Crippen molar-refractivity contribution in [2.75, 3.05) is 33.2 Å². The zero-order valence-electron chi connectivity index (χ0n) is 12.1. The van der Waals surface area contributed by atoms with Crippen LogP contribution >= 0.6 is 0 Å². The zero-order valence-corrected chi connectivity index (χ0v) is 12.1. The lowest BCUT2D eigenvalue weighted by Crippen LogP contribution is -2.61. The minimum Gasteiger partial charge on any atom is -0.369 e. The highest BCUT2D eigenvalue weighted by Crippen LogP contribution is 2.18. The van der Waals surface area contributed by atoms with E-state index in [-0.39, 0.29) is 24.1 Å². The summed E-state index contributed by atoms with van der Waals surface area (Å²) in [6, 6.07) is 6.08. The van der Waals surface area contributed by atoms with Crippen LogP contribution in [-0.2, 0) is 11.3 Å². The Labute approximate surface area is 123 Å². The van der Waals surface area contributed by atoms with Crippen molar-refractivity contribution in [2.24, 2.45) is 0 Å². The first-order valence-corrected chi connectivity index (χ1v) is 7.21. The van der Waals surface area contributed by atoms with Crippen LogP contribution in [0.4, 0.5) is 9.18 Å². The maximum atomic E-state index is 12.8. The van der Waals surface area contributed by atoms with Gasteiger partial charge in [0, 0.05) is 32.7 Å². The molecule has 2 bridgehead atoms. The molecule has 2 unspecified atom stereocenters. The molecule has 0 aliphatic carbocycles. The van der Waals surface area contributed by atoms with Crippen LogP contribution in [0.25, 0.3) is 0 Å². The average Bonchev–Trinajstić information content (AvgIpc) is 2.45. The standard InChI is InChI=1S/C15H20FN3O2/c1-18-7-13-9-19(10-14(8-18)21-13)15(20)17-6-11-2-4-12(16)5-3-11/h2-5,13-14H,6-10H2,1H3,(H,17,20). The summed E-state index contributed by atoms with van der Waals surface area (Å²) in [6.07, 6.45) is 0.193. The molecule has 2 amide bonds. The average molecular weight is 293 g/mol. The van der Waals surface area contributed by atoms with Crippen molar-refractivity contribution in [1.29, 1.82) is 0 Å². The van der Waals surface area contributed by atoms with E-state index >= 15 is 0 Å². The molecule has 2 heterocycles. The first-order valence-electron chi connectivity index (χ1n) is 7.21. The van der Waals surface area contributed by atoms with Crippen molar-refractivity contribution in [3.63, 3.8) is 0 Å². The molecular formula is C15H20FN3O2. The van der Waals surface area contributed by atoms with E-state index < -0.39 is 0 Å². The van der Waals surface area contributed by atoms with E-state index in [1.165, 1.54) is 12.1 Å². The fourth-order valence-electron chi connectivity index (χ4n) is 2.95. The van der Waals surface area contributed by atoms with E-state index in [9.17, 15) is 9.18 Å². The molecule has 2 saturated heterocycles. The molecule has 6 heteroatoms. The first kappa shape index (κ1) is 14.3. The molecule has 0 saturated carbocycles. The van der Waals surface area contributed by atoms with E-state index in [0.29, 0.717) is 19.6 Å². The number of hydrogen-bond donors (Lipinski definition) is 1. The molecule has 2 atom stereocenters. The highest BCUT2D eigenvalue weighted by atomic mass is 19.1. The van der Waals surface area contributed by atoms with Gasteiger partial charge in [-0.25, -0.2) is 9.18 Å². The summed E-state index contributed by atoms with van der Waals surface area (Å²) in [6.45, 7) is 3.37. The lowest BCUT2D eigenvalue weighted by Gasteiger charge is -2.44. The number of benzene rings is 1. The molecule has 2 aliphatic heterocycles. The van der Waals surface area contributed by atoms with Crippen molar-refractivity contribution >= 4 is 6.03 Å². The predicted octanol–water partition coefficient (Wildman–Crippen LogP) is 1.05. The molecule has 1 N–H and O–H groups in total. The summed E-state index contributed by atoms with van der Waals surface area (Å²) in [5.41, 5.74) is 0.887. The van der Waals surface area contributed by atoms with E-state index in [1.807, 2.05) is 4.90 Å². The second-order valence-electron chi connectivity index (χ2n) is 5.79. The van der Waals surface area contributed by atoms with Crippen LogP contribution in [0.15, 0.2) is 24.3 Å². The van der Waals surface area contributed by atoms with Gasteiger partial charge in [-0.15, -0.1) is 0 Å². The van der Waals surface area contributed by atoms with Gasteiger partial charge >= 0.3 is 6.03 Å². The quantitative estimate of drug-likeness (QED) is 0.886. The van der Waals surface area contributed by atoms with Gasteiger partial charge in [0.05, 0.1) is 12.2 Å². The Morgan fingerprint density at radius 1 is 1.24 bits per heavy atom. The van der Waals surface area contributed by atoms with Gasteiger partial charge in [-0.3, -0.25) is 0 Å². The summed E-state index contributed by atoms with van der Waals surface area (Å²) >= 11 is 0. The van der Waals surface area contributed by atoms with Crippen molar-refractivity contribution in [2.45, 2.75) is 18.8 Å². The summed E-state index contributed by atoms with van der Waals surface area (Å²) < 4.78 is 18.7. The lowest BCUT2D eigenvalue weighted by atomic mass is 10.1. The van der Waals surface area contributed by atoms with E-state index in [1.54, 1.807) is 12.1 Å². The Bertz CT molecular complexity index is 490. The van der Waals surface area contributed by atoms with Gasteiger partial charge in [-0.05, 0) is 24.7 Å². The smallest absolute Gasteiger partial charge is 0.317 e. The molecule has 5 nitrogen and oxygen atoms in total. The van der Waals surface area contributed by atoms with Crippen LogP contribution < -0.4 is 5.32 Å². The number of hydrogen-bond acceptors (Lipinski definition) is 3. The maximum Gasteiger partial charge on any atom is 0.317 e. The van der Waals surface area contributed by atoms with Crippen LogP contribution in [0.2, 0.25) is 0 Å². The number of fused-ring (bicyclic) bond motifs is 2. The number of ether oxygens (including phenoxy) is 1. The normalized spacial score (nSPS) is 25.7. The number of halogens is 1. The second kappa shape index (κ2) is 5.99. The maximum absolute atomic E-state index is 12.8. The number of urea groups is 1. The Morgan fingerprint density at radius 2 is 1.86 bits per heavy atom. The molecule has 2 aliphatic rings. The minimum absolute atomic E-state index is 0.0813. The van der Waals surface area contributed by atoms with Gasteiger partial charge in [0.15, 0.2) is 0 Å². The predicted molar refractivity (Wildman–Crippen MR) is 76.4 cm³/mol. The largest absolute Gasteiger partial charge is 0.369 e. The number of carbonyl (C=O) groups is 1. The van der Waals surface area contributed by atoms with Gasteiger partial charge in [0.1, 0.15) is 5.82 Å². The summed E-state index contributed by atoms with van der Waals surface area (Å²) in [4.78, 5) is 16.3.